The van der Waals surface area contributed by atoms with Crippen molar-refractivity contribution in [3.63, 3.8) is 0 Å². The Morgan fingerprint density at radius 1 is 1.33 bits per heavy atom. The van der Waals surface area contributed by atoms with E-state index in [2.05, 4.69) is 16.8 Å². The van der Waals surface area contributed by atoms with Crippen molar-refractivity contribution < 1.29 is 0 Å². The van der Waals surface area contributed by atoms with Crippen molar-refractivity contribution in [1.82, 2.24) is 4.98 Å². The molecule has 0 fully saturated rings. The van der Waals surface area contributed by atoms with Crippen LogP contribution >= 0.6 is 0 Å². The first-order valence-corrected chi connectivity index (χ1v) is 4.02. The molecule has 1 rings (SSSR count). The van der Waals surface area contributed by atoms with Crippen molar-refractivity contribution in [2.75, 3.05) is 6.54 Å². The molecule has 0 aromatic carbocycles. The number of nitrogens with zero attached hydrogens (tertiary/aromatic N) is 1. The van der Waals surface area contributed by atoms with Crippen LogP contribution in [0, 0.1) is 11.8 Å². The summed E-state index contributed by atoms with van der Waals surface area (Å²) < 4.78 is 0. The molecular weight excluding hydrogens is 148 g/mol. The Bertz CT molecular complexity index is 269. The third-order valence-corrected chi connectivity index (χ3v) is 1.42. The van der Waals surface area contributed by atoms with Gasteiger partial charge in [-0.2, -0.15) is 0 Å². The number of hydrogen-bond acceptors (Lipinski definition) is 2. The lowest BCUT2D eigenvalue weighted by molar-refractivity contribution is 0.870. The molecule has 0 aliphatic rings. The topological polar surface area (TPSA) is 38.9 Å². The minimum absolute atomic E-state index is 0.713. The summed E-state index contributed by atoms with van der Waals surface area (Å²) in [6.45, 7) is 0.713. The number of nitrogens with two attached hydrogens (primary N) is 1. The van der Waals surface area contributed by atoms with E-state index in [1.807, 2.05) is 12.1 Å². The SMILES string of the molecule is NCCCC#Cc1ccncc1. The second kappa shape index (κ2) is 5.34. The zero-order valence-corrected chi connectivity index (χ0v) is 6.96. The molecule has 2 nitrogen and oxygen atoms in total. The van der Waals surface area contributed by atoms with Crippen LogP contribution in [0.2, 0.25) is 0 Å². The van der Waals surface area contributed by atoms with Crippen LogP contribution in [-0.2, 0) is 0 Å². The summed E-state index contributed by atoms with van der Waals surface area (Å²) in [6.07, 6.45) is 5.33. The molecule has 2 N–H and O–H groups in total. The molecule has 0 aliphatic carbocycles. The molecule has 0 saturated heterocycles. The Hall–Kier alpha value is -1.33. The van der Waals surface area contributed by atoms with Crippen LogP contribution in [0.25, 0.3) is 0 Å². The second-order valence-electron chi connectivity index (χ2n) is 2.43. The Balaban J connectivity index is 2.44. The van der Waals surface area contributed by atoms with Crippen molar-refractivity contribution in [3.8, 4) is 11.8 Å². The van der Waals surface area contributed by atoms with Crippen LogP contribution in [0.15, 0.2) is 24.5 Å². The molecule has 0 atom stereocenters. The van der Waals surface area contributed by atoms with Gasteiger partial charge in [-0.1, -0.05) is 11.8 Å². The van der Waals surface area contributed by atoms with Crippen LogP contribution < -0.4 is 5.73 Å². The highest BCUT2D eigenvalue weighted by molar-refractivity contribution is 5.31. The molecule has 0 amide bonds. The minimum Gasteiger partial charge on any atom is -0.330 e. The van der Waals surface area contributed by atoms with Crippen LogP contribution in [0.3, 0.4) is 0 Å². The lowest BCUT2D eigenvalue weighted by Crippen LogP contribution is -1.96. The van der Waals surface area contributed by atoms with E-state index in [-0.39, 0.29) is 0 Å². The average molecular weight is 160 g/mol. The molecule has 12 heavy (non-hydrogen) atoms. The van der Waals surface area contributed by atoms with E-state index in [0.717, 1.165) is 18.4 Å². The minimum atomic E-state index is 0.713. The standard InChI is InChI=1S/C10H12N2/c11-7-3-1-2-4-10-5-8-12-9-6-10/h5-6,8-9H,1,3,7,11H2. The smallest absolute Gasteiger partial charge is 0.0280 e. The zero-order chi connectivity index (χ0) is 8.65. The Morgan fingerprint density at radius 3 is 2.75 bits per heavy atom. The van der Waals surface area contributed by atoms with Gasteiger partial charge in [-0.15, -0.1) is 0 Å². The highest BCUT2D eigenvalue weighted by atomic mass is 14.6. The van der Waals surface area contributed by atoms with E-state index in [9.17, 15) is 0 Å². The van der Waals surface area contributed by atoms with Crippen molar-refractivity contribution in [2.24, 2.45) is 5.73 Å². The van der Waals surface area contributed by atoms with Gasteiger partial charge >= 0.3 is 0 Å². The summed E-state index contributed by atoms with van der Waals surface area (Å²) >= 11 is 0. The molecule has 0 unspecified atom stereocenters. The van der Waals surface area contributed by atoms with Gasteiger partial charge < -0.3 is 5.73 Å². The van der Waals surface area contributed by atoms with Gasteiger partial charge in [0, 0.05) is 24.4 Å². The van der Waals surface area contributed by atoms with E-state index >= 15 is 0 Å². The van der Waals surface area contributed by atoms with Crippen LogP contribution in [0.1, 0.15) is 18.4 Å². The quantitative estimate of drug-likeness (QED) is 0.521. The maximum Gasteiger partial charge on any atom is 0.0280 e. The fraction of sp³-hybridized carbons (Fsp3) is 0.300. The Morgan fingerprint density at radius 2 is 2.08 bits per heavy atom. The van der Waals surface area contributed by atoms with Crippen LogP contribution in [-0.4, -0.2) is 11.5 Å². The summed E-state index contributed by atoms with van der Waals surface area (Å²) in [5.74, 6) is 6.08. The van der Waals surface area contributed by atoms with Crippen molar-refractivity contribution in [1.29, 1.82) is 0 Å². The van der Waals surface area contributed by atoms with E-state index in [4.69, 9.17) is 5.73 Å². The van der Waals surface area contributed by atoms with Crippen molar-refractivity contribution in [3.05, 3.63) is 30.1 Å². The summed E-state index contributed by atoms with van der Waals surface area (Å²) in [5, 5.41) is 0. The number of pyridine rings is 1. The van der Waals surface area contributed by atoms with Gasteiger partial charge in [-0.3, -0.25) is 4.98 Å². The molecule has 1 heterocycles. The van der Waals surface area contributed by atoms with E-state index < -0.39 is 0 Å². The van der Waals surface area contributed by atoms with Crippen molar-refractivity contribution >= 4 is 0 Å². The van der Waals surface area contributed by atoms with Gasteiger partial charge in [-0.25, -0.2) is 0 Å². The fourth-order valence-corrected chi connectivity index (χ4v) is 0.790. The largest absolute Gasteiger partial charge is 0.330 e. The first-order valence-electron chi connectivity index (χ1n) is 4.02. The molecule has 0 spiro atoms. The Kier molecular flexibility index (Phi) is 3.90. The van der Waals surface area contributed by atoms with E-state index in [1.54, 1.807) is 12.4 Å². The number of unbranched alkanes of at least 4 members (excludes halogenated alkanes) is 1. The van der Waals surface area contributed by atoms with E-state index in [1.165, 1.54) is 0 Å². The predicted octanol–water partition coefficient (Wildman–Crippen LogP) is 1.17. The van der Waals surface area contributed by atoms with Gasteiger partial charge in [0.15, 0.2) is 0 Å². The highest BCUT2D eigenvalue weighted by Crippen LogP contribution is 1.92. The first kappa shape index (κ1) is 8.76. The van der Waals surface area contributed by atoms with Crippen LogP contribution in [0.4, 0.5) is 0 Å². The summed E-state index contributed by atoms with van der Waals surface area (Å²) in [5.41, 5.74) is 6.35. The maximum absolute atomic E-state index is 5.33. The van der Waals surface area contributed by atoms with Crippen LogP contribution in [0.5, 0.6) is 0 Å². The summed E-state index contributed by atoms with van der Waals surface area (Å²) in [4.78, 5) is 3.90. The van der Waals surface area contributed by atoms with Gasteiger partial charge in [0.2, 0.25) is 0 Å². The highest BCUT2D eigenvalue weighted by Gasteiger charge is 1.81. The number of aromatic nitrogens is 1. The first-order chi connectivity index (χ1) is 5.93. The molecule has 0 saturated carbocycles. The van der Waals surface area contributed by atoms with Gasteiger partial charge in [0.05, 0.1) is 0 Å². The predicted molar refractivity (Wildman–Crippen MR) is 49.4 cm³/mol. The maximum atomic E-state index is 5.33. The molecule has 1 aromatic rings. The summed E-state index contributed by atoms with van der Waals surface area (Å²) in [7, 11) is 0. The Labute approximate surface area is 72.8 Å². The molecule has 0 aliphatic heterocycles. The molecule has 0 radical (unpaired) electrons. The van der Waals surface area contributed by atoms with Gasteiger partial charge in [0.1, 0.15) is 0 Å². The van der Waals surface area contributed by atoms with Crippen molar-refractivity contribution in [2.45, 2.75) is 12.8 Å². The normalized spacial score (nSPS) is 8.75. The number of rotatable bonds is 2. The fourth-order valence-electron chi connectivity index (χ4n) is 0.790. The molecule has 0 bridgehead atoms. The second-order valence-corrected chi connectivity index (χ2v) is 2.43. The molecular formula is C10H12N2. The summed E-state index contributed by atoms with van der Waals surface area (Å²) in [6, 6.07) is 3.80. The van der Waals surface area contributed by atoms with E-state index in [0.29, 0.717) is 6.54 Å². The lowest BCUT2D eigenvalue weighted by Gasteiger charge is -1.86. The van der Waals surface area contributed by atoms with Gasteiger partial charge in [-0.05, 0) is 25.1 Å². The number of hydrogen-bond donors (Lipinski definition) is 1. The van der Waals surface area contributed by atoms with Gasteiger partial charge in [0.25, 0.3) is 0 Å². The monoisotopic (exact) mass is 160 g/mol. The third-order valence-electron chi connectivity index (χ3n) is 1.42. The molecule has 1 aromatic heterocycles. The molecule has 2 heteroatoms. The average Bonchev–Trinajstić information content (AvgIpc) is 2.14. The lowest BCUT2D eigenvalue weighted by atomic mass is 10.2. The molecule has 62 valence electrons. The third kappa shape index (κ3) is 3.18. The zero-order valence-electron chi connectivity index (χ0n) is 6.96.